The van der Waals surface area contributed by atoms with Gasteiger partial charge in [0.15, 0.2) is 8.32 Å². The zero-order valence-corrected chi connectivity index (χ0v) is 22.0. The van der Waals surface area contributed by atoms with E-state index in [-0.39, 0.29) is 11.1 Å². The van der Waals surface area contributed by atoms with Crippen molar-refractivity contribution in [3.63, 3.8) is 0 Å². The van der Waals surface area contributed by atoms with Crippen molar-refractivity contribution in [3.05, 3.63) is 72.8 Å². The summed E-state index contributed by atoms with van der Waals surface area (Å²) >= 11 is 0. The molecule has 2 nitrogen and oxygen atoms in total. The van der Waals surface area contributed by atoms with Crippen molar-refractivity contribution in [1.29, 1.82) is 0 Å². The quantitative estimate of drug-likeness (QED) is 0.326. The molecule has 0 bridgehead atoms. The molecule has 0 saturated carbocycles. The second kappa shape index (κ2) is 10.2. The molecule has 0 fully saturated rings. The molecule has 0 saturated heterocycles. The van der Waals surface area contributed by atoms with Gasteiger partial charge in [0, 0.05) is 6.61 Å². The van der Waals surface area contributed by atoms with E-state index in [4.69, 9.17) is 8.85 Å². The second-order valence-electron chi connectivity index (χ2n) is 10.3. The highest BCUT2D eigenvalue weighted by atomic mass is 28.4. The highest BCUT2D eigenvalue weighted by Crippen LogP contribution is 2.37. The number of hydrogen-bond donors (Lipinski definition) is 0. The van der Waals surface area contributed by atoms with Crippen LogP contribution in [0.5, 0.6) is 0 Å². The molecular formula is C26H40O2Si2. The summed E-state index contributed by atoms with van der Waals surface area (Å²) < 4.78 is 13.5. The summed E-state index contributed by atoms with van der Waals surface area (Å²) in [6.45, 7) is 20.6. The topological polar surface area (TPSA) is 18.5 Å². The van der Waals surface area contributed by atoms with Crippen LogP contribution in [0.4, 0.5) is 0 Å². The van der Waals surface area contributed by atoms with Crippen molar-refractivity contribution < 1.29 is 8.85 Å². The van der Waals surface area contributed by atoms with Gasteiger partial charge in [-0.3, -0.25) is 0 Å². The van der Waals surface area contributed by atoms with Crippen molar-refractivity contribution in [1.82, 2.24) is 0 Å². The van der Waals surface area contributed by atoms with Crippen LogP contribution in [0.3, 0.4) is 0 Å². The maximum absolute atomic E-state index is 7.04. The third kappa shape index (κ3) is 6.51. The minimum Gasteiger partial charge on any atom is -0.414 e. The molecule has 0 aromatic heterocycles. The Morgan fingerprint density at radius 2 is 1.37 bits per heavy atom. The zero-order chi connectivity index (χ0) is 22.4. The van der Waals surface area contributed by atoms with Crippen molar-refractivity contribution in [3.8, 4) is 0 Å². The molecule has 2 aromatic carbocycles. The number of hydrogen-bond acceptors (Lipinski definition) is 2. The van der Waals surface area contributed by atoms with Gasteiger partial charge in [-0.1, -0.05) is 87.0 Å². The van der Waals surface area contributed by atoms with E-state index in [2.05, 4.69) is 115 Å². The molecule has 2 rings (SSSR count). The molecule has 0 aliphatic heterocycles. The lowest BCUT2D eigenvalue weighted by molar-refractivity contribution is 0.152. The van der Waals surface area contributed by atoms with Crippen LogP contribution < -0.4 is 10.4 Å². The molecule has 30 heavy (non-hydrogen) atoms. The Morgan fingerprint density at radius 3 is 1.73 bits per heavy atom. The van der Waals surface area contributed by atoms with E-state index >= 15 is 0 Å². The van der Waals surface area contributed by atoms with Crippen LogP contribution in [0.2, 0.25) is 24.7 Å². The Kier molecular flexibility index (Phi) is 8.46. The summed E-state index contributed by atoms with van der Waals surface area (Å²) in [6.07, 6.45) is 1.96. The molecule has 0 radical (unpaired) electrons. The van der Waals surface area contributed by atoms with Crippen molar-refractivity contribution in [2.75, 3.05) is 6.61 Å². The summed E-state index contributed by atoms with van der Waals surface area (Å²) in [5.74, 6) is 0. The fourth-order valence-corrected chi connectivity index (χ4v) is 9.98. The fraction of sp³-hybridized carbons (Fsp3) is 0.462. The molecule has 0 spiro atoms. The number of benzene rings is 2. The standard InChI is InChI=1S/C26H40O2Si2/c1-22(2)21-23(28-29(6,7)8)19-20-27-30(26(3,4)5,24-15-11-9-12-16-24)25-17-13-10-14-18-25/h9-18,23H,1,19-21H2,2-8H3/t23-/m0/s1. The van der Waals surface area contributed by atoms with Crippen LogP contribution in [0.25, 0.3) is 0 Å². The van der Waals surface area contributed by atoms with Gasteiger partial charge in [0.25, 0.3) is 8.32 Å². The highest BCUT2D eigenvalue weighted by molar-refractivity contribution is 6.99. The summed E-state index contributed by atoms with van der Waals surface area (Å²) in [6, 6.07) is 21.7. The molecule has 0 aliphatic rings. The molecule has 0 aliphatic carbocycles. The summed E-state index contributed by atoms with van der Waals surface area (Å²) in [5.41, 5.74) is 1.17. The average molecular weight is 441 g/mol. The largest absolute Gasteiger partial charge is 0.414 e. The maximum atomic E-state index is 7.04. The van der Waals surface area contributed by atoms with E-state index in [0.29, 0.717) is 6.61 Å². The first kappa shape index (κ1) is 24.8. The van der Waals surface area contributed by atoms with Gasteiger partial charge >= 0.3 is 0 Å². The summed E-state index contributed by atoms with van der Waals surface area (Å²) in [7, 11) is -4.11. The predicted molar refractivity (Wildman–Crippen MR) is 136 cm³/mol. The monoisotopic (exact) mass is 440 g/mol. The van der Waals surface area contributed by atoms with E-state index in [1.54, 1.807) is 0 Å². The molecule has 164 valence electrons. The van der Waals surface area contributed by atoms with Gasteiger partial charge in [0.05, 0.1) is 6.10 Å². The Bertz CT molecular complexity index is 750. The Labute approximate surface area is 186 Å². The molecule has 1 atom stereocenters. The Hall–Kier alpha value is -1.47. The molecule has 0 heterocycles. The molecule has 2 aromatic rings. The predicted octanol–water partition coefficient (Wildman–Crippen LogP) is 6.14. The van der Waals surface area contributed by atoms with Crippen LogP contribution in [0.15, 0.2) is 72.8 Å². The first-order valence-electron chi connectivity index (χ1n) is 11.0. The van der Waals surface area contributed by atoms with Crippen molar-refractivity contribution in [2.45, 2.75) is 71.3 Å². The lowest BCUT2D eigenvalue weighted by Gasteiger charge is -2.43. The van der Waals surface area contributed by atoms with E-state index in [0.717, 1.165) is 12.8 Å². The van der Waals surface area contributed by atoms with Crippen LogP contribution in [0.1, 0.15) is 40.5 Å². The van der Waals surface area contributed by atoms with Crippen LogP contribution in [0, 0.1) is 0 Å². The van der Waals surface area contributed by atoms with E-state index in [9.17, 15) is 0 Å². The van der Waals surface area contributed by atoms with Crippen molar-refractivity contribution in [2.24, 2.45) is 0 Å². The first-order valence-corrected chi connectivity index (χ1v) is 16.3. The van der Waals surface area contributed by atoms with Crippen LogP contribution >= 0.6 is 0 Å². The smallest absolute Gasteiger partial charge is 0.261 e. The molecule has 0 N–H and O–H groups in total. The van der Waals surface area contributed by atoms with Gasteiger partial charge in [-0.15, -0.1) is 6.58 Å². The molecule has 0 unspecified atom stereocenters. The van der Waals surface area contributed by atoms with Gasteiger partial charge in [-0.25, -0.2) is 0 Å². The van der Waals surface area contributed by atoms with Gasteiger partial charge in [-0.05, 0) is 54.8 Å². The third-order valence-electron chi connectivity index (χ3n) is 5.27. The molecular weight excluding hydrogens is 400 g/mol. The summed E-state index contributed by atoms with van der Waals surface area (Å²) in [5, 5.41) is 2.65. The van der Waals surface area contributed by atoms with Gasteiger partial charge < -0.3 is 8.85 Å². The summed E-state index contributed by atoms with van der Waals surface area (Å²) in [4.78, 5) is 0. The van der Waals surface area contributed by atoms with Gasteiger partial charge in [0.2, 0.25) is 0 Å². The highest BCUT2D eigenvalue weighted by Gasteiger charge is 2.50. The molecule has 0 amide bonds. The maximum Gasteiger partial charge on any atom is 0.261 e. The second-order valence-corrected chi connectivity index (χ2v) is 19.1. The number of rotatable bonds is 10. The fourth-order valence-electron chi connectivity index (χ4n) is 4.20. The first-order chi connectivity index (χ1) is 14.0. The van der Waals surface area contributed by atoms with Gasteiger partial charge in [-0.2, -0.15) is 0 Å². The normalized spacial score (nSPS) is 13.8. The zero-order valence-electron chi connectivity index (χ0n) is 20.0. The van der Waals surface area contributed by atoms with Crippen LogP contribution in [-0.2, 0) is 8.85 Å². The Morgan fingerprint density at radius 1 is 0.900 bits per heavy atom. The Balaban J connectivity index is 2.37. The lowest BCUT2D eigenvalue weighted by Crippen LogP contribution is -2.66. The van der Waals surface area contributed by atoms with Crippen molar-refractivity contribution >= 4 is 27.0 Å². The third-order valence-corrected chi connectivity index (χ3v) is 11.4. The SMILES string of the molecule is C=C(C)C[C@H](CCO[Si](c1ccccc1)(c1ccccc1)C(C)(C)C)O[Si](C)(C)C. The van der Waals surface area contributed by atoms with E-state index in [1.165, 1.54) is 15.9 Å². The lowest BCUT2D eigenvalue weighted by atomic mass is 10.1. The minimum atomic E-state index is -2.48. The van der Waals surface area contributed by atoms with E-state index in [1.807, 2.05) is 0 Å². The minimum absolute atomic E-state index is 0.000802. The molecule has 4 heteroatoms. The average Bonchev–Trinajstić information content (AvgIpc) is 2.64. The van der Waals surface area contributed by atoms with Gasteiger partial charge in [0.1, 0.15) is 0 Å². The van der Waals surface area contributed by atoms with Crippen LogP contribution in [-0.4, -0.2) is 29.3 Å². The van der Waals surface area contributed by atoms with E-state index < -0.39 is 16.6 Å².